The maximum absolute atomic E-state index is 6.33. The van der Waals surface area contributed by atoms with Crippen LogP contribution in [0.1, 0.15) is 0 Å². The number of hydrogen-bond donors (Lipinski definition) is 0. The molecule has 0 saturated carbocycles. The lowest BCUT2D eigenvalue weighted by Crippen LogP contribution is -1.95. The molecule has 0 saturated heterocycles. The molecule has 0 unspecified atom stereocenters. The van der Waals surface area contributed by atoms with E-state index in [1.54, 1.807) is 0 Å². The van der Waals surface area contributed by atoms with Gasteiger partial charge in [-0.3, -0.25) is 0 Å². The lowest BCUT2D eigenvalue weighted by molar-refractivity contribution is 0.669. The van der Waals surface area contributed by atoms with Crippen molar-refractivity contribution >= 4 is 54.6 Å². The smallest absolute Gasteiger partial charge is 0.160 e. The van der Waals surface area contributed by atoms with Crippen LogP contribution in [0.5, 0.6) is 0 Å². The van der Waals surface area contributed by atoms with E-state index in [9.17, 15) is 0 Å². The number of hydrogen-bond acceptors (Lipinski definition) is 3. The fourth-order valence-corrected chi connectivity index (χ4v) is 7.13. The quantitative estimate of drug-likeness (QED) is 0.198. The number of benzene rings is 7. The molecule has 0 aliphatic carbocycles. The highest BCUT2D eigenvalue weighted by atomic mass is 16.3. The molecule has 10 rings (SSSR count). The second-order valence-corrected chi connectivity index (χ2v) is 12.2. The number of furan rings is 1. The largest absolute Gasteiger partial charge is 0.456 e. The van der Waals surface area contributed by atoms with Crippen molar-refractivity contribution in [2.24, 2.45) is 0 Å². The van der Waals surface area contributed by atoms with Crippen LogP contribution in [0.2, 0.25) is 0 Å². The van der Waals surface area contributed by atoms with Gasteiger partial charge in [-0.15, -0.1) is 0 Å². The molecule has 10 aromatic rings. The maximum atomic E-state index is 6.33. The molecule has 0 atom stereocenters. The third-order valence-corrected chi connectivity index (χ3v) is 9.40. The zero-order valence-electron chi connectivity index (χ0n) is 25.8. The van der Waals surface area contributed by atoms with Gasteiger partial charge in [0.05, 0.1) is 22.2 Å². The van der Waals surface area contributed by atoms with Crippen LogP contribution >= 0.6 is 0 Å². The van der Waals surface area contributed by atoms with Crippen LogP contribution < -0.4 is 0 Å². The molecule has 0 aliphatic rings. The van der Waals surface area contributed by atoms with Gasteiger partial charge < -0.3 is 8.98 Å². The highest BCUT2D eigenvalue weighted by Crippen LogP contribution is 2.38. The van der Waals surface area contributed by atoms with Crippen LogP contribution in [-0.4, -0.2) is 14.5 Å². The number of para-hydroxylation sites is 3. The highest BCUT2D eigenvalue weighted by molar-refractivity contribution is 6.11. The number of rotatable bonds is 4. The zero-order chi connectivity index (χ0) is 31.6. The van der Waals surface area contributed by atoms with Crippen molar-refractivity contribution in [1.29, 1.82) is 0 Å². The predicted octanol–water partition coefficient (Wildman–Crippen LogP) is 11.6. The molecule has 0 amide bonds. The Morgan fingerprint density at radius 2 is 0.979 bits per heavy atom. The molecule has 0 radical (unpaired) electrons. The van der Waals surface area contributed by atoms with Gasteiger partial charge in [0.15, 0.2) is 5.82 Å². The Morgan fingerprint density at radius 3 is 1.77 bits per heavy atom. The summed E-state index contributed by atoms with van der Waals surface area (Å²) < 4.78 is 8.68. The first-order chi connectivity index (χ1) is 23.8. The third kappa shape index (κ3) is 4.16. The average molecular weight is 614 g/mol. The van der Waals surface area contributed by atoms with Crippen molar-refractivity contribution in [1.82, 2.24) is 14.5 Å². The average Bonchev–Trinajstić information content (AvgIpc) is 3.69. The molecule has 0 aliphatic heterocycles. The van der Waals surface area contributed by atoms with Crippen molar-refractivity contribution in [3.8, 4) is 39.5 Å². The monoisotopic (exact) mass is 613 g/mol. The van der Waals surface area contributed by atoms with Crippen molar-refractivity contribution in [3.63, 3.8) is 0 Å². The van der Waals surface area contributed by atoms with E-state index in [1.165, 1.54) is 21.8 Å². The topological polar surface area (TPSA) is 43.9 Å². The summed E-state index contributed by atoms with van der Waals surface area (Å²) in [6.45, 7) is 0. The molecule has 3 aromatic heterocycles. The van der Waals surface area contributed by atoms with Gasteiger partial charge in [0.25, 0.3) is 0 Å². The fraction of sp³-hybridized carbons (Fsp3) is 0. The van der Waals surface area contributed by atoms with Gasteiger partial charge in [-0.2, -0.15) is 0 Å². The lowest BCUT2D eigenvalue weighted by atomic mass is 10.00. The van der Waals surface area contributed by atoms with E-state index in [-0.39, 0.29) is 0 Å². The minimum absolute atomic E-state index is 0.695. The van der Waals surface area contributed by atoms with Crippen LogP contribution in [-0.2, 0) is 0 Å². The summed E-state index contributed by atoms with van der Waals surface area (Å²) in [6, 6.07) is 57.3. The van der Waals surface area contributed by atoms with Crippen LogP contribution in [0.25, 0.3) is 94.1 Å². The van der Waals surface area contributed by atoms with Gasteiger partial charge in [-0.25, -0.2) is 9.97 Å². The molecule has 3 heterocycles. The Labute approximate surface area is 276 Å². The molecular formula is C44H27N3O. The van der Waals surface area contributed by atoms with Gasteiger partial charge in [-0.05, 0) is 77.9 Å². The predicted molar refractivity (Wildman–Crippen MR) is 197 cm³/mol. The van der Waals surface area contributed by atoms with E-state index in [1.807, 2.05) is 36.4 Å². The summed E-state index contributed by atoms with van der Waals surface area (Å²) in [7, 11) is 0. The van der Waals surface area contributed by atoms with Crippen molar-refractivity contribution in [3.05, 3.63) is 164 Å². The zero-order valence-corrected chi connectivity index (χ0v) is 25.8. The molecule has 0 bridgehead atoms. The minimum atomic E-state index is 0.695. The summed E-state index contributed by atoms with van der Waals surface area (Å²) >= 11 is 0. The Hall–Kier alpha value is -6.52. The molecule has 7 aromatic carbocycles. The van der Waals surface area contributed by atoms with Crippen molar-refractivity contribution in [2.45, 2.75) is 0 Å². The molecule has 0 fully saturated rings. The normalized spacial score (nSPS) is 11.8. The van der Waals surface area contributed by atoms with Crippen LogP contribution in [0.15, 0.2) is 168 Å². The second kappa shape index (κ2) is 10.5. The number of aromatic nitrogens is 3. The highest BCUT2D eigenvalue weighted by Gasteiger charge is 2.16. The Bertz CT molecular complexity index is 2830. The molecule has 0 spiro atoms. The maximum Gasteiger partial charge on any atom is 0.160 e. The van der Waals surface area contributed by atoms with Crippen LogP contribution in [0.4, 0.5) is 0 Å². The first-order valence-corrected chi connectivity index (χ1v) is 16.2. The molecule has 4 nitrogen and oxygen atoms in total. The van der Waals surface area contributed by atoms with Gasteiger partial charge in [0.2, 0.25) is 0 Å². The summed E-state index contributed by atoms with van der Waals surface area (Å²) in [5, 5.41) is 5.62. The first kappa shape index (κ1) is 26.7. The third-order valence-electron chi connectivity index (χ3n) is 9.40. The van der Waals surface area contributed by atoms with Crippen LogP contribution in [0, 0.1) is 0 Å². The SMILES string of the molecule is c1ccc(-c2nc(-c3ccc4oc5ccc(-c6ccc7c(c6)c6ccccc6n7-c6ccccc6)cc5c4c3)nc3ccccc23)cc1. The standard InChI is InChI=1S/C44H27N3O/c1-3-11-28(12-4-1)43-34-16-7-9-17-38(34)45-44(46-43)31-21-24-42-37(27-31)36-26-30(20-23-41(36)48-42)29-19-22-40-35(25-29)33-15-8-10-18-39(33)47(40)32-13-5-2-6-14-32/h1-27H. The van der Waals surface area contributed by atoms with Gasteiger partial charge in [0, 0.05) is 43.7 Å². The molecule has 48 heavy (non-hydrogen) atoms. The Balaban J connectivity index is 1.12. The summed E-state index contributed by atoms with van der Waals surface area (Å²) in [5.74, 6) is 0.695. The number of nitrogens with zero attached hydrogens (tertiary/aromatic N) is 3. The summed E-state index contributed by atoms with van der Waals surface area (Å²) in [5.41, 5.74) is 11.4. The lowest BCUT2D eigenvalue weighted by Gasteiger charge is -2.09. The summed E-state index contributed by atoms with van der Waals surface area (Å²) in [6.07, 6.45) is 0. The Kier molecular flexibility index (Phi) is 5.84. The van der Waals surface area contributed by atoms with E-state index in [4.69, 9.17) is 14.4 Å². The van der Waals surface area contributed by atoms with Crippen LogP contribution in [0.3, 0.4) is 0 Å². The van der Waals surface area contributed by atoms with E-state index in [2.05, 4.69) is 132 Å². The van der Waals surface area contributed by atoms with Gasteiger partial charge in [-0.1, -0.05) is 97.1 Å². The second-order valence-electron chi connectivity index (χ2n) is 12.2. The molecule has 0 N–H and O–H groups in total. The first-order valence-electron chi connectivity index (χ1n) is 16.2. The number of fused-ring (bicyclic) bond motifs is 7. The van der Waals surface area contributed by atoms with E-state index >= 15 is 0 Å². The van der Waals surface area contributed by atoms with Crippen molar-refractivity contribution in [2.75, 3.05) is 0 Å². The molecule has 4 heteroatoms. The van der Waals surface area contributed by atoms with Gasteiger partial charge >= 0.3 is 0 Å². The van der Waals surface area contributed by atoms with Gasteiger partial charge in [0.1, 0.15) is 11.2 Å². The molecule has 224 valence electrons. The van der Waals surface area contributed by atoms with E-state index in [0.29, 0.717) is 5.82 Å². The minimum Gasteiger partial charge on any atom is -0.456 e. The van der Waals surface area contributed by atoms with E-state index < -0.39 is 0 Å². The summed E-state index contributed by atoms with van der Waals surface area (Å²) in [4.78, 5) is 10.1. The van der Waals surface area contributed by atoms with Crippen molar-refractivity contribution < 1.29 is 4.42 Å². The Morgan fingerprint density at radius 1 is 0.396 bits per heavy atom. The molecular weight excluding hydrogens is 587 g/mol. The fourth-order valence-electron chi connectivity index (χ4n) is 7.13. The van der Waals surface area contributed by atoms with E-state index in [0.717, 1.165) is 66.5 Å².